The van der Waals surface area contributed by atoms with Gasteiger partial charge >= 0.3 is 17.8 Å². The number of aromatic nitrogens is 2. The van der Waals surface area contributed by atoms with E-state index in [2.05, 4.69) is 10.2 Å². The Morgan fingerprint density at radius 3 is 2.47 bits per heavy atom. The molecule has 0 amide bonds. The second kappa shape index (κ2) is 9.47. The Morgan fingerprint density at radius 1 is 1.06 bits per heavy atom. The number of carbonyl (C=O) groups excluding carboxylic acids is 2. The number of aliphatic hydroxyl groups excluding tert-OH is 2. The third-order valence-electron chi connectivity index (χ3n) is 6.17. The summed E-state index contributed by atoms with van der Waals surface area (Å²) in [6.07, 6.45) is -2.79. The number of esters is 2. The molecule has 0 radical (unpaired) electrons. The summed E-state index contributed by atoms with van der Waals surface area (Å²) in [5.74, 6) is -3.96. The van der Waals surface area contributed by atoms with E-state index < -0.39 is 36.2 Å². The summed E-state index contributed by atoms with van der Waals surface area (Å²) in [7, 11) is 1.60. The lowest BCUT2D eigenvalue weighted by atomic mass is 9.95. The summed E-state index contributed by atoms with van der Waals surface area (Å²) < 4.78 is 17.6. The standard InChI is InChI=1S/C25H22ClN3O7/c1-29-11-9-20(34-16-5-2-4-15(26)13-16)17-8-7-14(19-6-3-10-27-28-19)12-18(17)25(29)35-23(32)21(30)22(31)24(33)36-25/h2-8,10,12-13,20-22,30-31H,9,11H2,1H3. The number of hydrogen-bond acceptors (Lipinski definition) is 10. The summed E-state index contributed by atoms with van der Waals surface area (Å²) in [4.78, 5) is 27.0. The molecule has 10 nitrogen and oxygen atoms in total. The van der Waals surface area contributed by atoms with Crippen molar-refractivity contribution in [2.75, 3.05) is 13.6 Å². The van der Waals surface area contributed by atoms with Gasteiger partial charge in [-0.25, -0.2) is 14.5 Å². The zero-order chi connectivity index (χ0) is 25.4. The van der Waals surface area contributed by atoms with E-state index in [1.807, 2.05) is 0 Å². The first-order chi connectivity index (χ1) is 17.3. The normalized spacial score (nSPS) is 26.4. The van der Waals surface area contributed by atoms with Crippen LogP contribution in [0.15, 0.2) is 60.8 Å². The van der Waals surface area contributed by atoms with Crippen LogP contribution in [0.4, 0.5) is 0 Å². The van der Waals surface area contributed by atoms with E-state index in [1.54, 1.807) is 61.6 Å². The first kappa shape index (κ1) is 24.1. The molecular formula is C25H22ClN3O7. The van der Waals surface area contributed by atoms with Crippen molar-refractivity contribution in [3.8, 4) is 17.0 Å². The summed E-state index contributed by atoms with van der Waals surface area (Å²) in [5.41, 5.74) is 1.98. The number of ether oxygens (including phenoxy) is 3. The van der Waals surface area contributed by atoms with Crippen LogP contribution in [0, 0.1) is 0 Å². The fourth-order valence-corrected chi connectivity index (χ4v) is 4.49. The third-order valence-corrected chi connectivity index (χ3v) is 6.41. The van der Waals surface area contributed by atoms with Gasteiger partial charge in [-0.1, -0.05) is 29.8 Å². The maximum absolute atomic E-state index is 12.7. The average Bonchev–Trinajstić information content (AvgIpc) is 3.04. The topological polar surface area (TPSA) is 131 Å². The SMILES string of the molecule is CN1CCC(Oc2cccc(Cl)c2)c2ccc(-c3cccnn3)cc2C12OC(=O)C(O)C(O)C(=O)O2. The number of aliphatic hydroxyl groups is 2. The molecular weight excluding hydrogens is 490 g/mol. The van der Waals surface area contributed by atoms with Crippen molar-refractivity contribution in [3.05, 3.63) is 76.9 Å². The number of halogens is 1. The van der Waals surface area contributed by atoms with Gasteiger partial charge in [0.15, 0.2) is 12.2 Å². The van der Waals surface area contributed by atoms with Crippen LogP contribution in [0.25, 0.3) is 11.3 Å². The number of hydrogen-bond donors (Lipinski definition) is 2. The molecule has 1 saturated heterocycles. The van der Waals surface area contributed by atoms with Gasteiger partial charge in [-0.3, -0.25) is 0 Å². The van der Waals surface area contributed by atoms with Gasteiger partial charge < -0.3 is 24.4 Å². The molecule has 2 aromatic carbocycles. The second-order valence-electron chi connectivity index (χ2n) is 8.50. The van der Waals surface area contributed by atoms with Gasteiger partial charge in [0, 0.05) is 35.3 Å². The quantitative estimate of drug-likeness (QED) is 0.504. The van der Waals surface area contributed by atoms with Gasteiger partial charge in [0.2, 0.25) is 0 Å². The predicted molar refractivity (Wildman–Crippen MR) is 125 cm³/mol. The number of fused-ring (bicyclic) bond motifs is 2. The Balaban J connectivity index is 1.69. The number of benzene rings is 2. The van der Waals surface area contributed by atoms with Crippen molar-refractivity contribution in [2.45, 2.75) is 30.6 Å². The molecule has 0 saturated carbocycles. The lowest BCUT2D eigenvalue weighted by Gasteiger charge is -2.38. The zero-order valence-electron chi connectivity index (χ0n) is 19.1. The summed E-state index contributed by atoms with van der Waals surface area (Å²) in [5, 5.41) is 28.8. The van der Waals surface area contributed by atoms with Crippen molar-refractivity contribution < 1.29 is 34.0 Å². The second-order valence-corrected chi connectivity index (χ2v) is 8.94. The summed E-state index contributed by atoms with van der Waals surface area (Å²) >= 11 is 6.14. The first-order valence-corrected chi connectivity index (χ1v) is 11.5. The third kappa shape index (κ3) is 4.28. The van der Waals surface area contributed by atoms with Crippen LogP contribution in [0.1, 0.15) is 23.7 Å². The van der Waals surface area contributed by atoms with Gasteiger partial charge in [0.1, 0.15) is 11.9 Å². The molecule has 36 heavy (non-hydrogen) atoms. The lowest BCUT2D eigenvalue weighted by Crippen LogP contribution is -2.50. The van der Waals surface area contributed by atoms with Crippen LogP contribution in [-0.4, -0.2) is 63.0 Å². The molecule has 5 rings (SSSR count). The fourth-order valence-electron chi connectivity index (χ4n) is 4.31. The number of rotatable bonds is 3. The largest absolute Gasteiger partial charge is 0.486 e. The van der Waals surface area contributed by atoms with Crippen LogP contribution < -0.4 is 4.74 Å². The molecule has 3 atom stereocenters. The van der Waals surface area contributed by atoms with E-state index in [1.165, 1.54) is 11.1 Å². The molecule has 1 fully saturated rings. The van der Waals surface area contributed by atoms with Crippen molar-refractivity contribution in [2.24, 2.45) is 0 Å². The lowest BCUT2D eigenvalue weighted by molar-refractivity contribution is -0.288. The maximum atomic E-state index is 12.7. The van der Waals surface area contributed by atoms with Crippen molar-refractivity contribution in [1.82, 2.24) is 15.1 Å². The van der Waals surface area contributed by atoms with Gasteiger partial charge in [0.05, 0.1) is 11.3 Å². The van der Waals surface area contributed by atoms with Gasteiger partial charge in [-0.2, -0.15) is 10.2 Å². The fraction of sp³-hybridized carbons (Fsp3) is 0.280. The average molecular weight is 512 g/mol. The van der Waals surface area contributed by atoms with Crippen molar-refractivity contribution >= 4 is 23.5 Å². The van der Waals surface area contributed by atoms with Crippen LogP contribution in [0.5, 0.6) is 5.75 Å². The molecule has 11 heteroatoms. The molecule has 186 valence electrons. The molecule has 3 aromatic rings. The smallest absolute Gasteiger partial charge is 0.349 e. The Bertz CT molecular complexity index is 1280. The Labute approximate surface area is 211 Å². The highest BCUT2D eigenvalue weighted by molar-refractivity contribution is 6.30. The Kier molecular flexibility index (Phi) is 6.35. The van der Waals surface area contributed by atoms with E-state index in [0.717, 1.165) is 0 Å². The summed E-state index contributed by atoms with van der Waals surface area (Å²) in [6.45, 7) is 0.257. The highest BCUT2D eigenvalue weighted by Crippen LogP contribution is 2.44. The molecule has 0 aliphatic carbocycles. The molecule has 2 aliphatic rings. The number of nitrogens with zero attached hydrogens (tertiary/aromatic N) is 3. The van der Waals surface area contributed by atoms with E-state index in [4.69, 9.17) is 25.8 Å². The van der Waals surface area contributed by atoms with E-state index in [0.29, 0.717) is 34.0 Å². The molecule has 0 bridgehead atoms. The highest BCUT2D eigenvalue weighted by atomic mass is 35.5. The maximum Gasteiger partial charge on any atom is 0.349 e. The summed E-state index contributed by atoms with van der Waals surface area (Å²) in [6, 6.07) is 15.7. The minimum Gasteiger partial charge on any atom is -0.486 e. The minimum atomic E-state index is -2.10. The zero-order valence-corrected chi connectivity index (χ0v) is 19.8. The van der Waals surface area contributed by atoms with E-state index in [-0.39, 0.29) is 12.1 Å². The van der Waals surface area contributed by atoms with Crippen molar-refractivity contribution in [1.29, 1.82) is 0 Å². The van der Waals surface area contributed by atoms with Crippen molar-refractivity contribution in [3.63, 3.8) is 0 Å². The van der Waals surface area contributed by atoms with Gasteiger partial charge in [-0.05, 0) is 43.4 Å². The molecule has 1 aromatic heterocycles. The molecule has 1 spiro atoms. The molecule has 2 N–H and O–H groups in total. The van der Waals surface area contributed by atoms with Crippen LogP contribution in [0.2, 0.25) is 5.02 Å². The molecule has 3 heterocycles. The van der Waals surface area contributed by atoms with E-state index in [9.17, 15) is 19.8 Å². The van der Waals surface area contributed by atoms with Gasteiger partial charge in [0.25, 0.3) is 0 Å². The van der Waals surface area contributed by atoms with Crippen LogP contribution in [-0.2, 0) is 25.0 Å². The first-order valence-electron chi connectivity index (χ1n) is 11.2. The Hall–Kier alpha value is -3.57. The Morgan fingerprint density at radius 2 is 1.81 bits per heavy atom. The molecule has 3 unspecified atom stereocenters. The van der Waals surface area contributed by atoms with Gasteiger partial charge in [-0.15, -0.1) is 0 Å². The highest BCUT2D eigenvalue weighted by Gasteiger charge is 2.55. The minimum absolute atomic E-state index is 0.257. The number of carbonyl (C=O) groups is 2. The van der Waals surface area contributed by atoms with Crippen LogP contribution in [0.3, 0.4) is 0 Å². The molecule has 2 aliphatic heterocycles. The van der Waals surface area contributed by atoms with Crippen LogP contribution >= 0.6 is 11.6 Å². The monoisotopic (exact) mass is 511 g/mol. The van der Waals surface area contributed by atoms with E-state index >= 15 is 0 Å². The predicted octanol–water partition coefficient (Wildman–Crippen LogP) is 2.18.